The highest BCUT2D eigenvalue weighted by atomic mass is 35.5. The number of imidazole rings is 1. The minimum atomic E-state index is -4.82. The molecular weight excluding hydrogens is 233 g/mol. The van der Waals surface area contributed by atoms with Crippen molar-refractivity contribution in [3.8, 4) is 0 Å². The molecular formula is C6H3ClFN3O2S. The van der Waals surface area contributed by atoms with Crippen molar-refractivity contribution >= 4 is 27.5 Å². The normalized spacial score (nSPS) is 12.1. The molecule has 0 amide bonds. The summed E-state index contributed by atoms with van der Waals surface area (Å²) in [5, 5.41) is 3.03. The molecule has 2 rings (SSSR count). The average Bonchev–Trinajstić information content (AvgIpc) is 2.45. The van der Waals surface area contributed by atoms with E-state index in [9.17, 15) is 12.3 Å². The topological polar surface area (TPSA) is 64.3 Å². The number of rotatable bonds is 1. The van der Waals surface area contributed by atoms with Crippen LogP contribution in [0.1, 0.15) is 0 Å². The van der Waals surface area contributed by atoms with Crippen LogP contribution >= 0.6 is 11.6 Å². The van der Waals surface area contributed by atoms with E-state index in [1.54, 1.807) is 0 Å². The summed E-state index contributed by atoms with van der Waals surface area (Å²) in [4.78, 5) is 3.65. The summed E-state index contributed by atoms with van der Waals surface area (Å²) in [5.74, 6) is 0. The lowest BCUT2D eigenvalue weighted by Crippen LogP contribution is -2.01. The third-order valence-corrected chi connectivity index (χ3v) is 2.53. The molecule has 0 spiro atoms. The Morgan fingerprint density at radius 1 is 1.43 bits per heavy atom. The third kappa shape index (κ3) is 1.44. The van der Waals surface area contributed by atoms with Crippen LogP contribution in [0.25, 0.3) is 5.65 Å². The SMILES string of the molecule is O=S(=O)(F)c1cnc2ccc(Cl)nn12. The minimum Gasteiger partial charge on any atom is -0.234 e. The van der Waals surface area contributed by atoms with E-state index in [0.29, 0.717) is 0 Å². The van der Waals surface area contributed by atoms with E-state index in [4.69, 9.17) is 11.6 Å². The summed E-state index contributed by atoms with van der Waals surface area (Å²) >= 11 is 5.52. The van der Waals surface area contributed by atoms with Crippen molar-refractivity contribution in [3.05, 3.63) is 23.5 Å². The second-order valence-electron chi connectivity index (χ2n) is 2.46. The van der Waals surface area contributed by atoms with Crippen molar-refractivity contribution in [1.29, 1.82) is 0 Å². The summed E-state index contributed by atoms with van der Waals surface area (Å²) < 4.78 is 34.7. The summed E-state index contributed by atoms with van der Waals surface area (Å²) in [5.41, 5.74) is 0.214. The van der Waals surface area contributed by atoms with E-state index in [1.807, 2.05) is 0 Å². The van der Waals surface area contributed by atoms with Crippen LogP contribution in [0.3, 0.4) is 0 Å². The van der Waals surface area contributed by atoms with Gasteiger partial charge in [0.2, 0.25) is 5.03 Å². The highest BCUT2D eigenvalue weighted by molar-refractivity contribution is 7.86. The number of fused-ring (bicyclic) bond motifs is 1. The van der Waals surface area contributed by atoms with E-state index in [-0.39, 0.29) is 10.8 Å². The molecule has 0 radical (unpaired) electrons. The molecule has 0 aromatic carbocycles. The predicted molar refractivity (Wildman–Crippen MR) is 46.3 cm³/mol. The third-order valence-electron chi connectivity index (χ3n) is 1.55. The molecule has 2 aromatic rings. The Bertz CT molecular complexity index is 594. The van der Waals surface area contributed by atoms with Gasteiger partial charge in [-0.15, -0.1) is 0 Å². The fourth-order valence-electron chi connectivity index (χ4n) is 0.996. The van der Waals surface area contributed by atoms with Crippen LogP contribution in [-0.4, -0.2) is 23.0 Å². The molecule has 0 unspecified atom stereocenters. The van der Waals surface area contributed by atoms with Gasteiger partial charge in [0, 0.05) is 0 Å². The molecule has 0 bridgehead atoms. The van der Waals surface area contributed by atoms with Gasteiger partial charge in [-0.3, -0.25) is 0 Å². The molecule has 2 heterocycles. The Morgan fingerprint density at radius 2 is 2.14 bits per heavy atom. The largest absolute Gasteiger partial charge is 0.351 e. The van der Waals surface area contributed by atoms with Crippen LogP contribution in [0.4, 0.5) is 3.89 Å². The summed E-state index contributed by atoms with van der Waals surface area (Å²) in [7, 11) is -4.82. The highest BCUT2D eigenvalue weighted by Gasteiger charge is 2.18. The number of nitrogens with zero attached hydrogens (tertiary/aromatic N) is 3. The smallest absolute Gasteiger partial charge is 0.234 e. The highest BCUT2D eigenvalue weighted by Crippen LogP contribution is 2.14. The van der Waals surface area contributed by atoms with E-state index in [0.717, 1.165) is 10.7 Å². The first-order valence-corrected chi connectivity index (χ1v) is 5.19. The van der Waals surface area contributed by atoms with Crippen LogP contribution in [0, 0.1) is 0 Å². The van der Waals surface area contributed by atoms with Gasteiger partial charge in [0.15, 0.2) is 5.65 Å². The molecule has 8 heteroatoms. The first-order chi connectivity index (χ1) is 6.48. The van der Waals surface area contributed by atoms with Gasteiger partial charge in [0.05, 0.1) is 6.20 Å². The quantitative estimate of drug-likeness (QED) is 0.693. The molecule has 0 N–H and O–H groups in total. The zero-order chi connectivity index (χ0) is 10.3. The number of halogens is 2. The summed E-state index contributed by atoms with van der Waals surface area (Å²) in [6, 6.07) is 2.86. The van der Waals surface area contributed by atoms with Gasteiger partial charge in [-0.1, -0.05) is 15.5 Å². The van der Waals surface area contributed by atoms with Gasteiger partial charge in [-0.05, 0) is 12.1 Å². The second-order valence-corrected chi connectivity index (χ2v) is 4.14. The lowest BCUT2D eigenvalue weighted by Gasteiger charge is -1.95. The molecule has 5 nitrogen and oxygen atoms in total. The van der Waals surface area contributed by atoms with Crippen LogP contribution in [-0.2, 0) is 10.2 Å². The average molecular weight is 236 g/mol. The molecule has 0 saturated heterocycles. The Kier molecular flexibility index (Phi) is 1.93. The minimum absolute atomic E-state index is 0.0559. The standard InChI is InChI=1S/C6H3ClFN3O2S/c7-4-1-2-5-9-3-6(11(5)10-4)14(8,12)13/h1-3H. The van der Waals surface area contributed by atoms with Gasteiger partial charge in [-0.25, -0.2) is 4.98 Å². The maximum Gasteiger partial charge on any atom is 0.351 e. The summed E-state index contributed by atoms with van der Waals surface area (Å²) in [6.07, 6.45) is 0.883. The van der Waals surface area contributed by atoms with E-state index >= 15 is 0 Å². The van der Waals surface area contributed by atoms with Gasteiger partial charge >= 0.3 is 10.2 Å². The van der Waals surface area contributed by atoms with E-state index < -0.39 is 15.2 Å². The lowest BCUT2D eigenvalue weighted by molar-refractivity contribution is 0.543. The fourth-order valence-corrected chi connectivity index (χ4v) is 1.65. The van der Waals surface area contributed by atoms with Crippen LogP contribution < -0.4 is 0 Å². The fraction of sp³-hybridized carbons (Fsp3) is 0. The Hall–Kier alpha value is -1.21. The first kappa shape index (κ1) is 9.35. The number of hydrogen-bond acceptors (Lipinski definition) is 4. The molecule has 0 saturated carbocycles. The zero-order valence-corrected chi connectivity index (χ0v) is 8.13. The zero-order valence-electron chi connectivity index (χ0n) is 6.55. The molecule has 0 aliphatic rings. The van der Waals surface area contributed by atoms with E-state index in [1.165, 1.54) is 12.1 Å². The van der Waals surface area contributed by atoms with Gasteiger partial charge < -0.3 is 0 Å². The molecule has 74 valence electrons. The molecule has 0 aliphatic carbocycles. The molecule has 14 heavy (non-hydrogen) atoms. The number of hydrogen-bond donors (Lipinski definition) is 0. The van der Waals surface area contributed by atoms with Crippen molar-refractivity contribution in [1.82, 2.24) is 14.6 Å². The molecule has 2 aromatic heterocycles. The van der Waals surface area contributed by atoms with E-state index in [2.05, 4.69) is 10.1 Å². The Balaban J connectivity index is 2.87. The summed E-state index contributed by atoms with van der Waals surface area (Å²) in [6.45, 7) is 0. The van der Waals surface area contributed by atoms with Gasteiger partial charge in [0.1, 0.15) is 5.15 Å². The van der Waals surface area contributed by atoms with Crippen molar-refractivity contribution in [3.63, 3.8) is 0 Å². The maximum atomic E-state index is 12.6. The van der Waals surface area contributed by atoms with Gasteiger partial charge in [0.25, 0.3) is 0 Å². The molecule has 0 aliphatic heterocycles. The molecule has 0 atom stereocenters. The van der Waals surface area contributed by atoms with Crippen molar-refractivity contribution < 1.29 is 12.3 Å². The van der Waals surface area contributed by atoms with Crippen molar-refractivity contribution in [2.24, 2.45) is 0 Å². The molecule has 0 fully saturated rings. The maximum absolute atomic E-state index is 12.6. The van der Waals surface area contributed by atoms with Crippen LogP contribution in [0.15, 0.2) is 23.4 Å². The van der Waals surface area contributed by atoms with Crippen LogP contribution in [0.5, 0.6) is 0 Å². The number of aromatic nitrogens is 3. The lowest BCUT2D eigenvalue weighted by atomic mass is 10.6. The monoisotopic (exact) mass is 235 g/mol. The Labute approximate surface area is 83.3 Å². The van der Waals surface area contributed by atoms with Crippen molar-refractivity contribution in [2.75, 3.05) is 0 Å². The second kappa shape index (κ2) is 2.89. The predicted octanol–water partition coefficient (Wildman–Crippen LogP) is 1.04. The Morgan fingerprint density at radius 3 is 2.79 bits per heavy atom. The van der Waals surface area contributed by atoms with Gasteiger partial charge in [-0.2, -0.15) is 18.0 Å². The van der Waals surface area contributed by atoms with Crippen molar-refractivity contribution in [2.45, 2.75) is 5.03 Å². The van der Waals surface area contributed by atoms with Crippen LogP contribution in [0.2, 0.25) is 5.15 Å². The first-order valence-electron chi connectivity index (χ1n) is 3.43.